The van der Waals surface area contributed by atoms with Gasteiger partial charge in [0.15, 0.2) is 0 Å². The average Bonchev–Trinajstić information content (AvgIpc) is 3.16. The second-order valence-corrected chi connectivity index (χ2v) is 8.16. The van der Waals surface area contributed by atoms with Crippen LogP contribution in [0.4, 0.5) is 23.8 Å². The van der Waals surface area contributed by atoms with Gasteiger partial charge in [0.25, 0.3) is 5.91 Å². The minimum absolute atomic E-state index is 0.0305. The number of nitrogens with one attached hydrogen (secondary N) is 2. The molecule has 0 aromatic carbocycles. The Hall–Kier alpha value is -3.00. The number of nitrogens with zero attached hydrogens (tertiary/aromatic N) is 2. The first-order chi connectivity index (χ1) is 15.1. The second kappa shape index (κ2) is 9.65. The van der Waals surface area contributed by atoms with E-state index in [0.717, 1.165) is 17.4 Å². The van der Waals surface area contributed by atoms with Crippen LogP contribution in [0.25, 0.3) is 10.2 Å². The largest absolute Gasteiger partial charge is 0.446 e. The summed E-state index contributed by atoms with van der Waals surface area (Å²) in [5.74, 6) is 5.14. The summed E-state index contributed by atoms with van der Waals surface area (Å²) in [7, 11) is 1.41. The van der Waals surface area contributed by atoms with Crippen LogP contribution < -0.4 is 15.5 Å². The van der Waals surface area contributed by atoms with Crippen LogP contribution in [0.5, 0.6) is 0 Å². The summed E-state index contributed by atoms with van der Waals surface area (Å²) >= 11 is 0.846. The monoisotopic (exact) mass is 468 g/mol. The van der Waals surface area contributed by atoms with Crippen molar-refractivity contribution in [2.24, 2.45) is 0 Å². The van der Waals surface area contributed by atoms with E-state index < -0.39 is 23.7 Å². The molecule has 1 fully saturated rings. The van der Waals surface area contributed by atoms with Crippen LogP contribution >= 0.6 is 11.3 Å². The number of carbonyl (C=O) groups is 2. The number of thiophene rings is 1. The van der Waals surface area contributed by atoms with Crippen LogP contribution in [-0.2, 0) is 10.9 Å². The fourth-order valence-electron chi connectivity index (χ4n) is 3.48. The van der Waals surface area contributed by atoms with E-state index in [2.05, 4.69) is 27.5 Å². The van der Waals surface area contributed by atoms with Crippen molar-refractivity contribution in [3.63, 3.8) is 0 Å². The van der Waals surface area contributed by atoms with Crippen molar-refractivity contribution in [3.8, 4) is 11.8 Å². The molecule has 11 heteroatoms. The average molecular weight is 469 g/mol. The number of anilines is 1. The molecule has 1 atom stereocenters. The number of amides is 2. The smallest absolute Gasteiger partial charge is 0.417 e. The van der Waals surface area contributed by atoms with Gasteiger partial charge in [-0.05, 0) is 19.9 Å². The lowest BCUT2D eigenvalue weighted by atomic mass is 10.1. The molecule has 0 spiro atoms. The molecule has 2 N–H and O–H groups in total. The van der Waals surface area contributed by atoms with Gasteiger partial charge in [0, 0.05) is 38.4 Å². The van der Waals surface area contributed by atoms with Crippen LogP contribution in [0.1, 0.15) is 42.6 Å². The lowest BCUT2D eigenvalue weighted by Gasteiger charge is -2.33. The number of rotatable bonds is 4. The molecule has 0 unspecified atom stereocenters. The Labute approximate surface area is 187 Å². The lowest BCUT2D eigenvalue weighted by Crippen LogP contribution is -2.41. The maximum Gasteiger partial charge on any atom is 0.417 e. The minimum atomic E-state index is -4.58. The van der Waals surface area contributed by atoms with Crippen molar-refractivity contribution >= 4 is 39.4 Å². The van der Waals surface area contributed by atoms with E-state index >= 15 is 0 Å². The number of carbonyl (C=O) groups excluding carboxylic acids is 2. The van der Waals surface area contributed by atoms with E-state index in [1.54, 1.807) is 18.7 Å². The molecule has 2 amide bonds. The predicted octanol–water partition coefficient (Wildman–Crippen LogP) is 3.78. The number of alkyl halides is 3. The molecule has 0 saturated carbocycles. The number of aromatic nitrogens is 1. The van der Waals surface area contributed by atoms with Crippen molar-refractivity contribution in [2.75, 3.05) is 25.0 Å². The molecule has 0 bridgehead atoms. The number of hydrogen-bond acceptors (Lipinski definition) is 6. The molecular formula is C21H23F3N4O3S. The molecule has 1 aliphatic rings. The molecule has 1 aliphatic heterocycles. The van der Waals surface area contributed by atoms with Gasteiger partial charge in [-0.2, -0.15) is 13.2 Å². The Morgan fingerprint density at radius 1 is 1.34 bits per heavy atom. The van der Waals surface area contributed by atoms with Gasteiger partial charge >= 0.3 is 12.3 Å². The maximum atomic E-state index is 13.7. The van der Waals surface area contributed by atoms with Crippen molar-refractivity contribution in [1.29, 1.82) is 0 Å². The predicted molar refractivity (Wildman–Crippen MR) is 116 cm³/mol. The highest BCUT2D eigenvalue weighted by molar-refractivity contribution is 7.17. The summed E-state index contributed by atoms with van der Waals surface area (Å²) in [6.45, 7) is 4.12. The molecule has 2 aromatic heterocycles. The summed E-state index contributed by atoms with van der Waals surface area (Å²) in [5, 5.41) is 6.43. The first kappa shape index (κ1) is 23.7. The molecular weight excluding hydrogens is 445 g/mol. The fourth-order valence-corrected chi connectivity index (χ4v) is 4.50. The number of alkyl carbamates (subject to hydrolysis) is 1. The third-order valence-electron chi connectivity index (χ3n) is 5.02. The first-order valence-electron chi connectivity index (χ1n) is 10.00. The number of fused-ring (bicyclic) bond motifs is 1. The quantitative estimate of drug-likeness (QED) is 0.668. The highest BCUT2D eigenvalue weighted by atomic mass is 32.1. The highest BCUT2D eigenvalue weighted by Gasteiger charge is 2.36. The third kappa shape index (κ3) is 5.24. The van der Waals surface area contributed by atoms with Crippen molar-refractivity contribution in [3.05, 3.63) is 22.6 Å². The maximum absolute atomic E-state index is 13.7. The second-order valence-electron chi connectivity index (χ2n) is 7.28. The van der Waals surface area contributed by atoms with Gasteiger partial charge in [0.2, 0.25) is 0 Å². The van der Waals surface area contributed by atoms with E-state index in [-0.39, 0.29) is 33.7 Å². The molecule has 0 radical (unpaired) electrons. The number of hydrogen-bond donors (Lipinski definition) is 2. The van der Waals surface area contributed by atoms with Crippen LogP contribution in [0.3, 0.4) is 0 Å². The van der Waals surface area contributed by atoms with E-state index in [4.69, 9.17) is 4.74 Å². The minimum Gasteiger partial charge on any atom is -0.446 e. The fraction of sp³-hybridized carbons (Fsp3) is 0.476. The van der Waals surface area contributed by atoms with Crippen LogP contribution in [0, 0.1) is 11.8 Å². The van der Waals surface area contributed by atoms with Gasteiger partial charge < -0.3 is 20.3 Å². The van der Waals surface area contributed by atoms with Gasteiger partial charge in [0.05, 0.1) is 27.4 Å². The summed E-state index contributed by atoms with van der Waals surface area (Å²) in [5.41, 5.74) is -0.677. The van der Waals surface area contributed by atoms with Gasteiger partial charge in [-0.1, -0.05) is 5.92 Å². The standard InChI is InChI=1S/C21H23F3N4O3S/c1-4-5-12(2)26-20(30)31-13-6-8-28(9-7-13)16-10-15(21(22,23)24)18-17(27-16)14(11-32-18)19(29)25-3/h10-13H,6-9H2,1-3H3,(H,25,29)(H,26,30)/t12-/m0/s1. The molecule has 32 heavy (non-hydrogen) atoms. The Morgan fingerprint density at radius 3 is 2.62 bits per heavy atom. The molecule has 172 valence electrons. The molecule has 3 heterocycles. The molecule has 1 saturated heterocycles. The number of pyridine rings is 1. The summed E-state index contributed by atoms with van der Waals surface area (Å²) < 4.78 is 46.4. The highest BCUT2D eigenvalue weighted by Crippen LogP contribution is 2.40. The Kier molecular flexibility index (Phi) is 7.13. The number of halogens is 3. The first-order valence-corrected chi connectivity index (χ1v) is 10.9. The number of piperidine rings is 1. The molecule has 2 aromatic rings. The lowest BCUT2D eigenvalue weighted by molar-refractivity contribution is -0.136. The Morgan fingerprint density at radius 2 is 2.03 bits per heavy atom. The van der Waals surface area contributed by atoms with Crippen molar-refractivity contribution < 1.29 is 27.5 Å². The van der Waals surface area contributed by atoms with Crippen LogP contribution in [0.15, 0.2) is 11.4 Å². The SMILES string of the molecule is CC#C[C@H](C)NC(=O)OC1CCN(c2cc(C(F)(F)F)c3scc(C(=O)NC)c3n2)CC1. The molecule has 7 nitrogen and oxygen atoms in total. The van der Waals surface area contributed by atoms with E-state index in [1.165, 1.54) is 12.4 Å². The number of ether oxygens (including phenoxy) is 1. The normalized spacial score (nSPS) is 15.6. The molecule has 0 aliphatic carbocycles. The van der Waals surface area contributed by atoms with Gasteiger partial charge in [0.1, 0.15) is 11.9 Å². The zero-order valence-corrected chi connectivity index (χ0v) is 18.6. The Balaban J connectivity index is 1.78. The molecule has 3 rings (SSSR count). The van der Waals surface area contributed by atoms with Crippen molar-refractivity contribution in [1.82, 2.24) is 15.6 Å². The van der Waals surface area contributed by atoms with E-state index in [9.17, 15) is 22.8 Å². The zero-order valence-electron chi connectivity index (χ0n) is 17.8. The third-order valence-corrected chi connectivity index (χ3v) is 6.02. The van der Waals surface area contributed by atoms with E-state index in [1.807, 2.05) is 0 Å². The van der Waals surface area contributed by atoms with Crippen LogP contribution in [0.2, 0.25) is 0 Å². The van der Waals surface area contributed by atoms with Gasteiger partial charge in [-0.3, -0.25) is 4.79 Å². The summed E-state index contributed by atoms with van der Waals surface area (Å²) in [4.78, 5) is 30.2. The van der Waals surface area contributed by atoms with Gasteiger partial charge in [-0.25, -0.2) is 9.78 Å². The van der Waals surface area contributed by atoms with E-state index in [0.29, 0.717) is 25.9 Å². The zero-order chi connectivity index (χ0) is 23.5. The summed E-state index contributed by atoms with van der Waals surface area (Å²) in [6, 6.07) is 0.676. The Bertz CT molecular complexity index is 1070. The summed E-state index contributed by atoms with van der Waals surface area (Å²) in [6.07, 6.45) is -4.64. The van der Waals surface area contributed by atoms with Crippen molar-refractivity contribution in [2.45, 2.75) is 45.0 Å². The van der Waals surface area contributed by atoms with Crippen LogP contribution in [-0.4, -0.2) is 49.3 Å². The van der Waals surface area contributed by atoms with Gasteiger partial charge in [-0.15, -0.1) is 17.3 Å². The topological polar surface area (TPSA) is 83.6 Å².